The van der Waals surface area contributed by atoms with Crippen LogP contribution in [-0.2, 0) is 4.79 Å². The predicted octanol–water partition coefficient (Wildman–Crippen LogP) is 1.91. The molecule has 2 saturated carbocycles. The number of fused-ring (bicyclic) bond motifs is 1. The molecule has 0 spiro atoms. The van der Waals surface area contributed by atoms with Gasteiger partial charge in [0.2, 0.25) is 0 Å². The second-order valence-corrected chi connectivity index (χ2v) is 3.99. The van der Waals surface area contributed by atoms with Crippen LogP contribution in [0.4, 0.5) is 0 Å². The zero-order valence-corrected chi connectivity index (χ0v) is 7.12. The summed E-state index contributed by atoms with van der Waals surface area (Å²) in [6, 6.07) is 2.16. The first kappa shape index (κ1) is 7.79. The molecule has 3 atom stereocenters. The Bertz CT molecular complexity index is 241. The van der Waals surface area contributed by atoms with Gasteiger partial charge in [-0.2, -0.15) is 5.26 Å². The van der Waals surface area contributed by atoms with Crippen LogP contribution >= 0.6 is 0 Å². The van der Waals surface area contributed by atoms with Crippen molar-refractivity contribution in [2.24, 2.45) is 17.8 Å². The quantitative estimate of drug-likeness (QED) is 0.547. The second-order valence-electron chi connectivity index (χ2n) is 3.99. The second kappa shape index (κ2) is 2.90. The van der Waals surface area contributed by atoms with Gasteiger partial charge >= 0.3 is 0 Å². The lowest BCUT2D eigenvalue weighted by molar-refractivity contribution is -0.119. The van der Waals surface area contributed by atoms with Gasteiger partial charge in [-0.1, -0.05) is 12.8 Å². The van der Waals surface area contributed by atoms with E-state index in [-0.39, 0.29) is 11.7 Å². The highest BCUT2D eigenvalue weighted by Crippen LogP contribution is 2.43. The molecule has 2 fully saturated rings. The van der Waals surface area contributed by atoms with E-state index >= 15 is 0 Å². The van der Waals surface area contributed by atoms with Crippen LogP contribution in [0.5, 0.6) is 0 Å². The fraction of sp³-hybridized carbons (Fsp3) is 0.800. The van der Waals surface area contributed by atoms with Gasteiger partial charge in [0.1, 0.15) is 5.92 Å². The molecule has 0 bridgehead atoms. The summed E-state index contributed by atoms with van der Waals surface area (Å²) in [5.41, 5.74) is 0. The summed E-state index contributed by atoms with van der Waals surface area (Å²) >= 11 is 0. The zero-order chi connectivity index (χ0) is 8.55. The van der Waals surface area contributed by atoms with Crippen molar-refractivity contribution in [3.63, 3.8) is 0 Å². The van der Waals surface area contributed by atoms with E-state index in [0.29, 0.717) is 18.3 Å². The van der Waals surface area contributed by atoms with E-state index < -0.39 is 0 Å². The SMILES string of the molecule is N#C[C@@H]1C(=O)C[C@H]2CCCCC21. The predicted molar refractivity (Wildman–Crippen MR) is 44.2 cm³/mol. The third kappa shape index (κ3) is 1.04. The number of carbonyl (C=O) groups is 1. The lowest BCUT2D eigenvalue weighted by Crippen LogP contribution is -2.19. The Morgan fingerprint density at radius 1 is 1.33 bits per heavy atom. The summed E-state index contributed by atoms with van der Waals surface area (Å²) in [6.45, 7) is 0. The number of rotatable bonds is 0. The standard InChI is InChI=1S/C10H13NO/c11-6-9-8-4-2-1-3-7(8)5-10(9)12/h7-9H,1-5H2/t7-,8?,9+/m1/s1. The van der Waals surface area contributed by atoms with Crippen LogP contribution in [0.25, 0.3) is 0 Å². The Balaban J connectivity index is 2.17. The van der Waals surface area contributed by atoms with Crippen molar-refractivity contribution in [3.8, 4) is 6.07 Å². The zero-order valence-electron chi connectivity index (χ0n) is 7.12. The fourth-order valence-corrected chi connectivity index (χ4v) is 2.72. The van der Waals surface area contributed by atoms with E-state index in [0.717, 1.165) is 6.42 Å². The summed E-state index contributed by atoms with van der Waals surface area (Å²) < 4.78 is 0. The van der Waals surface area contributed by atoms with E-state index in [1.54, 1.807) is 0 Å². The van der Waals surface area contributed by atoms with Gasteiger partial charge in [0.05, 0.1) is 6.07 Å². The minimum Gasteiger partial charge on any atom is -0.298 e. The largest absolute Gasteiger partial charge is 0.298 e. The van der Waals surface area contributed by atoms with Crippen molar-refractivity contribution >= 4 is 5.78 Å². The van der Waals surface area contributed by atoms with Gasteiger partial charge in [-0.05, 0) is 24.7 Å². The van der Waals surface area contributed by atoms with E-state index in [9.17, 15) is 4.79 Å². The lowest BCUT2D eigenvalue weighted by atomic mass is 9.78. The molecule has 0 aromatic heterocycles. The number of ketones is 1. The number of hydrogen-bond donors (Lipinski definition) is 0. The first-order chi connectivity index (χ1) is 5.83. The number of hydrogen-bond acceptors (Lipinski definition) is 2. The maximum absolute atomic E-state index is 11.3. The Hall–Kier alpha value is -0.840. The molecular formula is C10H13NO. The van der Waals surface area contributed by atoms with Crippen molar-refractivity contribution in [2.45, 2.75) is 32.1 Å². The van der Waals surface area contributed by atoms with Gasteiger partial charge in [-0.25, -0.2) is 0 Å². The molecule has 1 unspecified atom stereocenters. The topological polar surface area (TPSA) is 40.9 Å². The number of nitriles is 1. The molecule has 2 nitrogen and oxygen atoms in total. The summed E-state index contributed by atoms with van der Waals surface area (Å²) in [4.78, 5) is 11.3. The average molecular weight is 163 g/mol. The summed E-state index contributed by atoms with van der Waals surface area (Å²) in [7, 11) is 0. The highest BCUT2D eigenvalue weighted by molar-refractivity contribution is 5.86. The number of Topliss-reactive ketones (excluding diaryl/α,β-unsaturated/α-hetero) is 1. The minimum absolute atomic E-state index is 0.203. The molecule has 64 valence electrons. The van der Waals surface area contributed by atoms with Gasteiger partial charge < -0.3 is 0 Å². The van der Waals surface area contributed by atoms with Crippen molar-refractivity contribution in [3.05, 3.63) is 0 Å². The van der Waals surface area contributed by atoms with Crippen molar-refractivity contribution in [1.82, 2.24) is 0 Å². The molecule has 0 saturated heterocycles. The molecule has 0 radical (unpaired) electrons. The minimum atomic E-state index is -0.254. The monoisotopic (exact) mass is 163 g/mol. The molecule has 0 N–H and O–H groups in total. The van der Waals surface area contributed by atoms with Crippen LogP contribution in [0.2, 0.25) is 0 Å². The molecule has 2 heteroatoms. The van der Waals surface area contributed by atoms with Gasteiger partial charge in [0.25, 0.3) is 0 Å². The van der Waals surface area contributed by atoms with Crippen LogP contribution in [0, 0.1) is 29.1 Å². The van der Waals surface area contributed by atoms with Crippen LogP contribution in [0.15, 0.2) is 0 Å². The summed E-state index contributed by atoms with van der Waals surface area (Å²) in [6.07, 6.45) is 5.44. The average Bonchev–Trinajstić information content (AvgIpc) is 2.40. The Kier molecular flexibility index (Phi) is 1.88. The molecule has 0 aromatic rings. The first-order valence-electron chi connectivity index (χ1n) is 4.75. The van der Waals surface area contributed by atoms with E-state index in [4.69, 9.17) is 5.26 Å². The van der Waals surface area contributed by atoms with E-state index in [1.165, 1.54) is 19.3 Å². The van der Waals surface area contributed by atoms with Crippen LogP contribution in [-0.4, -0.2) is 5.78 Å². The highest BCUT2D eigenvalue weighted by atomic mass is 16.1. The van der Waals surface area contributed by atoms with Crippen molar-refractivity contribution < 1.29 is 4.79 Å². The smallest absolute Gasteiger partial charge is 0.150 e. The fourth-order valence-electron chi connectivity index (χ4n) is 2.72. The first-order valence-corrected chi connectivity index (χ1v) is 4.75. The summed E-state index contributed by atoms with van der Waals surface area (Å²) in [5, 5.41) is 8.80. The molecule has 0 aromatic carbocycles. The lowest BCUT2D eigenvalue weighted by Gasteiger charge is -2.25. The molecule has 2 aliphatic rings. The molecule has 2 rings (SSSR count). The maximum atomic E-state index is 11.3. The van der Waals surface area contributed by atoms with Crippen LogP contribution < -0.4 is 0 Å². The molecule has 0 aliphatic heterocycles. The molecular weight excluding hydrogens is 150 g/mol. The third-order valence-electron chi connectivity index (χ3n) is 3.35. The van der Waals surface area contributed by atoms with Gasteiger partial charge in [0.15, 0.2) is 5.78 Å². The Morgan fingerprint density at radius 3 is 2.83 bits per heavy atom. The number of nitrogens with zero attached hydrogens (tertiary/aromatic N) is 1. The van der Waals surface area contributed by atoms with Gasteiger partial charge in [0, 0.05) is 6.42 Å². The normalized spacial score (nSPS) is 40.6. The highest BCUT2D eigenvalue weighted by Gasteiger charge is 2.43. The van der Waals surface area contributed by atoms with Crippen molar-refractivity contribution in [1.29, 1.82) is 5.26 Å². The van der Waals surface area contributed by atoms with E-state index in [1.807, 2.05) is 0 Å². The van der Waals surface area contributed by atoms with Crippen LogP contribution in [0.3, 0.4) is 0 Å². The maximum Gasteiger partial charge on any atom is 0.150 e. The van der Waals surface area contributed by atoms with E-state index in [2.05, 4.69) is 6.07 Å². The van der Waals surface area contributed by atoms with Crippen molar-refractivity contribution in [2.75, 3.05) is 0 Å². The Morgan fingerprint density at radius 2 is 2.08 bits per heavy atom. The van der Waals surface area contributed by atoms with Crippen LogP contribution in [0.1, 0.15) is 32.1 Å². The molecule has 0 amide bonds. The van der Waals surface area contributed by atoms with Gasteiger partial charge in [-0.15, -0.1) is 0 Å². The van der Waals surface area contributed by atoms with Gasteiger partial charge in [-0.3, -0.25) is 4.79 Å². The molecule has 0 heterocycles. The number of carbonyl (C=O) groups excluding carboxylic acids is 1. The third-order valence-corrected chi connectivity index (χ3v) is 3.35. The summed E-state index contributed by atoms with van der Waals surface area (Å²) in [5.74, 6) is 0.914. The molecule has 2 aliphatic carbocycles. The Labute approximate surface area is 72.6 Å². The molecule has 12 heavy (non-hydrogen) atoms.